The van der Waals surface area contributed by atoms with Crippen LogP contribution in [0, 0.1) is 0 Å². The maximum absolute atomic E-state index is 8.50. The fraction of sp³-hybridized carbons (Fsp3) is 0.111. The summed E-state index contributed by atoms with van der Waals surface area (Å²) in [4.78, 5) is 0. The number of hydrogen-bond donors (Lipinski definition) is 2. The van der Waals surface area contributed by atoms with E-state index in [1.807, 2.05) is 30.3 Å². The van der Waals surface area contributed by atoms with Crippen molar-refractivity contribution in [2.45, 2.75) is 6.42 Å². The van der Waals surface area contributed by atoms with Crippen LogP contribution in [0.4, 0.5) is 0 Å². The second kappa shape index (κ2) is 4.92. The van der Waals surface area contributed by atoms with E-state index in [0.29, 0.717) is 12.1 Å². The molecule has 0 aliphatic heterocycles. The van der Waals surface area contributed by atoms with E-state index in [2.05, 4.69) is 10.3 Å². The van der Waals surface area contributed by atoms with Crippen LogP contribution in [-0.2, 0) is 6.42 Å². The van der Waals surface area contributed by atoms with Crippen molar-refractivity contribution in [1.82, 2.24) is 0 Å². The van der Waals surface area contributed by atoms with Crippen molar-refractivity contribution in [2.24, 2.45) is 10.3 Å². The van der Waals surface area contributed by atoms with Crippen LogP contribution in [-0.4, -0.2) is 22.3 Å². The van der Waals surface area contributed by atoms with Gasteiger partial charge < -0.3 is 10.4 Å². The van der Waals surface area contributed by atoms with E-state index in [1.54, 1.807) is 0 Å². The van der Waals surface area contributed by atoms with Crippen LogP contribution in [0.25, 0.3) is 0 Å². The largest absolute Gasteiger partial charge is 0.411 e. The minimum atomic E-state index is 0.314. The number of rotatable bonds is 3. The summed E-state index contributed by atoms with van der Waals surface area (Å²) in [5.74, 6) is 0. The number of oxime groups is 2. The molecule has 0 unspecified atom stereocenters. The number of nitrogens with zero attached hydrogens (tertiary/aromatic N) is 2. The van der Waals surface area contributed by atoms with Gasteiger partial charge in [0.1, 0.15) is 5.71 Å². The third kappa shape index (κ3) is 2.94. The van der Waals surface area contributed by atoms with Gasteiger partial charge in [-0.05, 0) is 5.56 Å². The molecule has 0 fully saturated rings. The zero-order valence-corrected chi connectivity index (χ0v) is 6.96. The molecule has 68 valence electrons. The van der Waals surface area contributed by atoms with Gasteiger partial charge in [-0.2, -0.15) is 0 Å². The van der Waals surface area contributed by atoms with Crippen LogP contribution in [0.1, 0.15) is 5.56 Å². The van der Waals surface area contributed by atoms with E-state index in [0.717, 1.165) is 11.8 Å². The molecule has 0 bridgehead atoms. The zero-order chi connectivity index (χ0) is 9.52. The Labute approximate surface area is 75.8 Å². The Kier molecular flexibility index (Phi) is 3.50. The molecule has 0 aliphatic rings. The first-order chi connectivity index (χ1) is 6.36. The quantitative estimate of drug-likeness (QED) is 0.418. The van der Waals surface area contributed by atoms with Crippen molar-refractivity contribution in [3.63, 3.8) is 0 Å². The average Bonchev–Trinajstić information content (AvgIpc) is 2.19. The Hall–Kier alpha value is -1.84. The summed E-state index contributed by atoms with van der Waals surface area (Å²) in [5, 5.41) is 22.5. The first kappa shape index (κ1) is 9.25. The van der Waals surface area contributed by atoms with Gasteiger partial charge in [0.2, 0.25) is 0 Å². The highest BCUT2D eigenvalue weighted by atomic mass is 16.4. The van der Waals surface area contributed by atoms with E-state index in [9.17, 15) is 0 Å². The van der Waals surface area contributed by atoms with Gasteiger partial charge in [0.15, 0.2) is 0 Å². The number of benzene rings is 1. The standard InChI is InChI=1S/C9H10N2O2/c12-10-7-9(11-13)6-8-4-2-1-3-5-8/h1-5,7,12-13H,6H2/b10-7-,11-9-. The van der Waals surface area contributed by atoms with Crippen LogP contribution in [0.15, 0.2) is 40.6 Å². The van der Waals surface area contributed by atoms with Crippen molar-refractivity contribution in [3.05, 3.63) is 35.9 Å². The second-order valence-corrected chi connectivity index (χ2v) is 2.50. The predicted octanol–water partition coefficient (Wildman–Crippen LogP) is 1.52. The van der Waals surface area contributed by atoms with Crippen molar-refractivity contribution in [1.29, 1.82) is 0 Å². The molecule has 1 aromatic rings. The van der Waals surface area contributed by atoms with Crippen LogP contribution in [0.5, 0.6) is 0 Å². The lowest BCUT2D eigenvalue weighted by Crippen LogP contribution is -2.04. The van der Waals surface area contributed by atoms with Gasteiger partial charge >= 0.3 is 0 Å². The molecule has 1 rings (SSSR count). The Morgan fingerprint density at radius 3 is 2.46 bits per heavy atom. The summed E-state index contributed by atoms with van der Waals surface area (Å²) in [5.41, 5.74) is 1.31. The molecule has 0 saturated carbocycles. The van der Waals surface area contributed by atoms with Crippen LogP contribution < -0.4 is 0 Å². The molecule has 0 spiro atoms. The maximum atomic E-state index is 8.50. The molecule has 4 heteroatoms. The highest BCUT2D eigenvalue weighted by molar-refractivity contribution is 6.30. The first-order valence-electron chi connectivity index (χ1n) is 3.79. The molecule has 1 aromatic carbocycles. The van der Waals surface area contributed by atoms with Crippen molar-refractivity contribution < 1.29 is 10.4 Å². The Morgan fingerprint density at radius 2 is 1.92 bits per heavy atom. The zero-order valence-electron chi connectivity index (χ0n) is 6.96. The lowest BCUT2D eigenvalue weighted by Gasteiger charge is -1.97. The Balaban J connectivity index is 2.68. The van der Waals surface area contributed by atoms with Gasteiger partial charge in [-0.25, -0.2) is 0 Å². The van der Waals surface area contributed by atoms with Gasteiger partial charge in [0, 0.05) is 6.42 Å². The van der Waals surface area contributed by atoms with Crippen LogP contribution in [0.3, 0.4) is 0 Å². The molecule has 0 amide bonds. The molecule has 0 saturated heterocycles. The molecule has 0 aliphatic carbocycles. The van der Waals surface area contributed by atoms with E-state index < -0.39 is 0 Å². The van der Waals surface area contributed by atoms with Gasteiger partial charge in [-0.3, -0.25) is 0 Å². The fourth-order valence-corrected chi connectivity index (χ4v) is 0.978. The average molecular weight is 178 g/mol. The smallest absolute Gasteiger partial charge is 0.105 e. The molecular formula is C9H10N2O2. The van der Waals surface area contributed by atoms with Crippen molar-refractivity contribution in [2.75, 3.05) is 0 Å². The number of hydrogen-bond acceptors (Lipinski definition) is 4. The van der Waals surface area contributed by atoms with Crippen molar-refractivity contribution in [3.8, 4) is 0 Å². The lowest BCUT2D eigenvalue weighted by molar-refractivity contribution is 0.315. The van der Waals surface area contributed by atoms with Crippen LogP contribution in [0.2, 0.25) is 0 Å². The minimum Gasteiger partial charge on any atom is -0.411 e. The molecular weight excluding hydrogens is 168 g/mol. The summed E-state index contributed by atoms with van der Waals surface area (Å²) < 4.78 is 0. The van der Waals surface area contributed by atoms with Gasteiger partial charge in [0.05, 0.1) is 6.21 Å². The van der Waals surface area contributed by atoms with Crippen molar-refractivity contribution >= 4 is 11.9 Å². The topological polar surface area (TPSA) is 65.2 Å². The van der Waals surface area contributed by atoms with Gasteiger partial charge in [-0.15, -0.1) is 0 Å². The van der Waals surface area contributed by atoms with E-state index in [-0.39, 0.29) is 0 Å². The summed E-state index contributed by atoms with van der Waals surface area (Å²) in [6.07, 6.45) is 1.55. The summed E-state index contributed by atoms with van der Waals surface area (Å²) in [6.45, 7) is 0. The highest BCUT2D eigenvalue weighted by Gasteiger charge is 1.98. The highest BCUT2D eigenvalue weighted by Crippen LogP contribution is 1.99. The molecule has 2 N–H and O–H groups in total. The monoisotopic (exact) mass is 178 g/mol. The van der Waals surface area contributed by atoms with Gasteiger partial charge in [0.25, 0.3) is 0 Å². The fourth-order valence-electron chi connectivity index (χ4n) is 0.978. The van der Waals surface area contributed by atoms with E-state index in [1.165, 1.54) is 0 Å². The third-order valence-electron chi connectivity index (χ3n) is 1.56. The third-order valence-corrected chi connectivity index (χ3v) is 1.56. The molecule has 4 nitrogen and oxygen atoms in total. The SMILES string of the molecule is O/N=C\C(Cc1ccccc1)=N/O. The molecule has 0 heterocycles. The summed E-state index contributed by atoms with van der Waals surface area (Å²) in [7, 11) is 0. The summed E-state index contributed by atoms with van der Waals surface area (Å²) in [6, 6.07) is 9.48. The maximum Gasteiger partial charge on any atom is 0.105 e. The Morgan fingerprint density at radius 1 is 1.23 bits per heavy atom. The molecule has 0 atom stereocenters. The molecule has 0 aromatic heterocycles. The molecule has 13 heavy (non-hydrogen) atoms. The lowest BCUT2D eigenvalue weighted by atomic mass is 10.1. The van der Waals surface area contributed by atoms with Crippen LogP contribution >= 0.6 is 0 Å². The predicted molar refractivity (Wildman–Crippen MR) is 49.6 cm³/mol. The first-order valence-corrected chi connectivity index (χ1v) is 3.79. The van der Waals surface area contributed by atoms with Gasteiger partial charge in [-0.1, -0.05) is 40.6 Å². The Bertz CT molecular complexity index is 307. The summed E-state index contributed by atoms with van der Waals surface area (Å²) >= 11 is 0. The minimum absolute atomic E-state index is 0.314. The van der Waals surface area contributed by atoms with E-state index in [4.69, 9.17) is 10.4 Å². The van der Waals surface area contributed by atoms with E-state index >= 15 is 0 Å². The normalized spacial score (nSPS) is 12.2. The molecule has 0 radical (unpaired) electrons. The second-order valence-electron chi connectivity index (χ2n) is 2.50.